The molecule has 2 bridgehead atoms. The molecule has 3 aliphatic rings. The summed E-state index contributed by atoms with van der Waals surface area (Å²) in [7, 11) is 1.44. The number of ether oxygens (including phenoxy) is 1. The van der Waals surface area contributed by atoms with Crippen molar-refractivity contribution < 1.29 is 13.9 Å². The first-order valence-corrected chi connectivity index (χ1v) is 10.5. The number of fused-ring (bicyclic) bond motifs is 4. The third-order valence-corrected chi connectivity index (χ3v) is 6.82. The van der Waals surface area contributed by atoms with Crippen LogP contribution in [0.2, 0.25) is 0 Å². The van der Waals surface area contributed by atoms with Crippen LogP contribution in [-0.4, -0.2) is 54.5 Å². The zero-order valence-electron chi connectivity index (χ0n) is 16.5. The minimum atomic E-state index is -0.471. The fourth-order valence-electron chi connectivity index (χ4n) is 5.70. The van der Waals surface area contributed by atoms with Crippen LogP contribution in [0.3, 0.4) is 0 Å². The lowest BCUT2D eigenvalue weighted by Gasteiger charge is -2.55. The second-order valence-electron chi connectivity index (χ2n) is 8.56. The van der Waals surface area contributed by atoms with Crippen LogP contribution < -0.4 is 4.74 Å². The third kappa shape index (κ3) is 3.58. The molecule has 1 aromatic carbocycles. The second kappa shape index (κ2) is 7.78. The fraction of sp³-hybridized carbons (Fsp3) is 0.682. The molecule has 0 spiro atoms. The van der Waals surface area contributed by atoms with Crippen LogP contribution in [0, 0.1) is 17.7 Å². The molecule has 0 saturated carbocycles. The molecule has 3 saturated heterocycles. The number of rotatable bonds is 4. The number of amides is 1. The van der Waals surface area contributed by atoms with Crippen LogP contribution >= 0.6 is 0 Å². The Hall–Kier alpha value is -1.62. The summed E-state index contributed by atoms with van der Waals surface area (Å²) in [6.45, 7) is 5.00. The van der Waals surface area contributed by atoms with E-state index in [9.17, 15) is 9.18 Å². The second-order valence-corrected chi connectivity index (χ2v) is 8.56. The summed E-state index contributed by atoms with van der Waals surface area (Å²) >= 11 is 0. The molecule has 0 aromatic heterocycles. The number of nitrogens with zero attached hydrogens (tertiary/aromatic N) is 2. The Kier molecular flexibility index (Phi) is 5.40. The summed E-state index contributed by atoms with van der Waals surface area (Å²) in [6, 6.07) is 5.90. The molecule has 27 heavy (non-hydrogen) atoms. The van der Waals surface area contributed by atoms with Crippen molar-refractivity contribution in [3.05, 3.63) is 29.6 Å². The molecule has 0 unspecified atom stereocenters. The van der Waals surface area contributed by atoms with Crippen molar-refractivity contribution in [2.45, 2.75) is 57.5 Å². The normalized spacial score (nSPS) is 30.7. The summed E-state index contributed by atoms with van der Waals surface area (Å²) in [4.78, 5) is 17.8. The van der Waals surface area contributed by atoms with Crippen molar-refractivity contribution in [2.24, 2.45) is 11.8 Å². The van der Waals surface area contributed by atoms with E-state index in [2.05, 4.69) is 11.8 Å². The van der Waals surface area contributed by atoms with Crippen molar-refractivity contribution in [1.82, 2.24) is 9.80 Å². The molecular formula is C22H31FN2O2. The van der Waals surface area contributed by atoms with Gasteiger partial charge in [-0.25, -0.2) is 4.39 Å². The monoisotopic (exact) mass is 374 g/mol. The topological polar surface area (TPSA) is 32.8 Å². The number of hydrogen-bond donors (Lipinski definition) is 0. The van der Waals surface area contributed by atoms with Gasteiger partial charge in [0.15, 0.2) is 11.6 Å². The third-order valence-electron chi connectivity index (χ3n) is 6.82. The van der Waals surface area contributed by atoms with E-state index in [0.717, 1.165) is 25.7 Å². The van der Waals surface area contributed by atoms with Crippen molar-refractivity contribution in [2.75, 3.05) is 26.7 Å². The summed E-state index contributed by atoms with van der Waals surface area (Å²) in [5.41, 5.74) is 0.428. The first-order chi connectivity index (χ1) is 13.1. The largest absolute Gasteiger partial charge is 0.494 e. The maximum atomic E-state index is 14.0. The lowest BCUT2D eigenvalue weighted by Crippen LogP contribution is -2.62. The molecule has 4 atom stereocenters. The molecule has 0 aliphatic carbocycles. The van der Waals surface area contributed by atoms with Crippen LogP contribution in [0.5, 0.6) is 5.75 Å². The Morgan fingerprint density at radius 1 is 1.26 bits per heavy atom. The Labute approximate surface area is 161 Å². The molecule has 1 aromatic rings. The Morgan fingerprint density at radius 2 is 2.11 bits per heavy atom. The molecule has 3 aliphatic heterocycles. The lowest BCUT2D eigenvalue weighted by molar-refractivity contribution is -0.0519. The average molecular weight is 375 g/mol. The highest BCUT2D eigenvalue weighted by Gasteiger charge is 2.45. The molecular weight excluding hydrogens is 343 g/mol. The molecule has 5 heteroatoms. The summed E-state index contributed by atoms with van der Waals surface area (Å²) in [5, 5.41) is 0. The van der Waals surface area contributed by atoms with Crippen LogP contribution in [-0.2, 0) is 0 Å². The van der Waals surface area contributed by atoms with Crippen molar-refractivity contribution >= 4 is 5.91 Å². The summed E-state index contributed by atoms with van der Waals surface area (Å²) in [5.74, 6) is 0.776. The Bertz CT molecular complexity index is 693. The van der Waals surface area contributed by atoms with Gasteiger partial charge in [0.25, 0.3) is 5.91 Å². The number of carbonyl (C=O) groups excluding carboxylic acids is 1. The van der Waals surface area contributed by atoms with E-state index >= 15 is 0 Å². The van der Waals surface area contributed by atoms with Crippen LogP contribution in [0.25, 0.3) is 0 Å². The van der Waals surface area contributed by atoms with Gasteiger partial charge in [0.05, 0.1) is 7.11 Å². The van der Waals surface area contributed by atoms with Crippen LogP contribution in [0.4, 0.5) is 4.39 Å². The highest BCUT2D eigenvalue weighted by Crippen LogP contribution is 2.40. The zero-order valence-corrected chi connectivity index (χ0v) is 16.5. The van der Waals surface area contributed by atoms with Gasteiger partial charge in [0.1, 0.15) is 0 Å². The van der Waals surface area contributed by atoms with E-state index in [1.165, 1.54) is 51.7 Å². The van der Waals surface area contributed by atoms with Crippen molar-refractivity contribution in [3.63, 3.8) is 0 Å². The molecule has 148 valence electrons. The van der Waals surface area contributed by atoms with Gasteiger partial charge in [-0.15, -0.1) is 0 Å². The number of benzene rings is 1. The highest BCUT2D eigenvalue weighted by atomic mass is 19.1. The molecule has 0 N–H and O–H groups in total. The molecule has 4 rings (SSSR count). The first-order valence-electron chi connectivity index (χ1n) is 10.5. The Balaban J connectivity index is 1.49. The predicted octanol–water partition coefficient (Wildman–Crippen LogP) is 3.95. The summed E-state index contributed by atoms with van der Waals surface area (Å²) in [6.07, 6.45) is 7.68. The minimum Gasteiger partial charge on any atom is -0.494 e. The van der Waals surface area contributed by atoms with Gasteiger partial charge >= 0.3 is 0 Å². The quantitative estimate of drug-likeness (QED) is 0.800. The first kappa shape index (κ1) is 18.7. The van der Waals surface area contributed by atoms with Gasteiger partial charge in [0.2, 0.25) is 0 Å². The molecule has 0 radical (unpaired) electrons. The van der Waals surface area contributed by atoms with E-state index in [1.54, 1.807) is 12.1 Å². The van der Waals surface area contributed by atoms with Gasteiger partial charge in [0, 0.05) is 37.3 Å². The van der Waals surface area contributed by atoms with E-state index in [-0.39, 0.29) is 11.7 Å². The van der Waals surface area contributed by atoms with Gasteiger partial charge < -0.3 is 9.64 Å². The summed E-state index contributed by atoms with van der Waals surface area (Å²) < 4.78 is 19.0. The van der Waals surface area contributed by atoms with Crippen molar-refractivity contribution in [3.8, 4) is 5.75 Å². The van der Waals surface area contributed by atoms with Gasteiger partial charge in [-0.2, -0.15) is 0 Å². The molecule has 4 nitrogen and oxygen atoms in total. The number of carbonyl (C=O) groups is 1. The maximum absolute atomic E-state index is 14.0. The minimum absolute atomic E-state index is 0.0411. The number of hydrogen-bond acceptors (Lipinski definition) is 3. The van der Waals surface area contributed by atoms with Crippen LogP contribution in [0.1, 0.15) is 55.8 Å². The van der Waals surface area contributed by atoms with Gasteiger partial charge in [-0.3, -0.25) is 9.69 Å². The van der Waals surface area contributed by atoms with E-state index < -0.39 is 5.82 Å². The molecule has 1 amide bonds. The molecule has 3 fully saturated rings. The standard InChI is InChI=1S/C22H31FN2O2/c1-3-5-18-6-4-7-20-17-10-15(13-25(18)20)12-24(14-17)22(26)16-8-9-21(27-2)19(23)11-16/h8-9,11,15,17-18,20H,3-7,10,12-14H2,1-2H3/t15-,17+,18-,20-/m0/s1. The van der Waals surface area contributed by atoms with E-state index in [0.29, 0.717) is 23.4 Å². The number of likely N-dealkylation sites (tertiary alicyclic amines) is 1. The SMILES string of the molecule is CCC[C@H]1CCC[C@H]2[C@@H]3C[C@@H](CN(C(=O)c4ccc(OC)c(F)c4)C3)CN12. The zero-order chi connectivity index (χ0) is 19.0. The Morgan fingerprint density at radius 3 is 2.85 bits per heavy atom. The van der Waals surface area contributed by atoms with Crippen LogP contribution in [0.15, 0.2) is 18.2 Å². The lowest BCUT2D eigenvalue weighted by atomic mass is 9.74. The maximum Gasteiger partial charge on any atom is 0.253 e. The number of halogens is 1. The smallest absolute Gasteiger partial charge is 0.253 e. The van der Waals surface area contributed by atoms with E-state index in [4.69, 9.17) is 4.74 Å². The fourth-order valence-corrected chi connectivity index (χ4v) is 5.70. The average Bonchev–Trinajstić information content (AvgIpc) is 2.68. The predicted molar refractivity (Wildman–Crippen MR) is 103 cm³/mol. The number of piperidine rings is 3. The van der Waals surface area contributed by atoms with E-state index in [1.807, 2.05) is 4.90 Å². The highest BCUT2D eigenvalue weighted by molar-refractivity contribution is 5.94. The van der Waals surface area contributed by atoms with Crippen molar-refractivity contribution in [1.29, 1.82) is 0 Å². The van der Waals surface area contributed by atoms with Gasteiger partial charge in [-0.05, 0) is 55.7 Å². The van der Waals surface area contributed by atoms with Gasteiger partial charge in [-0.1, -0.05) is 19.8 Å². The molecule has 3 heterocycles. The number of methoxy groups -OCH3 is 1.